The van der Waals surface area contributed by atoms with Gasteiger partial charge in [-0.1, -0.05) is 24.3 Å². The lowest BCUT2D eigenvalue weighted by molar-refractivity contribution is 0.602. The van der Waals surface area contributed by atoms with E-state index in [1.54, 1.807) is 60.3 Å². The fourth-order valence-electron chi connectivity index (χ4n) is 4.20. The van der Waals surface area contributed by atoms with Crippen molar-refractivity contribution in [2.75, 3.05) is 11.9 Å². The van der Waals surface area contributed by atoms with Gasteiger partial charge in [-0.2, -0.15) is 0 Å². The lowest BCUT2D eigenvalue weighted by Gasteiger charge is -2.24. The van der Waals surface area contributed by atoms with Crippen LogP contribution in [0.4, 0.5) is 20.2 Å². The third-order valence-electron chi connectivity index (χ3n) is 6.01. The van der Waals surface area contributed by atoms with Gasteiger partial charge in [0.1, 0.15) is 23.8 Å². The first kappa shape index (κ1) is 22.3. The molecule has 6 nitrogen and oxygen atoms in total. The van der Waals surface area contributed by atoms with E-state index in [0.717, 1.165) is 11.4 Å². The summed E-state index contributed by atoms with van der Waals surface area (Å²) >= 11 is 0. The molecule has 0 radical (unpaired) electrons. The number of nitrogens with zero attached hydrogens (tertiary/aromatic N) is 5. The summed E-state index contributed by atoms with van der Waals surface area (Å²) in [6.45, 7) is 1.75. The molecule has 0 bridgehead atoms. The first-order valence-electron chi connectivity index (χ1n) is 10.9. The van der Waals surface area contributed by atoms with Crippen LogP contribution in [0.3, 0.4) is 0 Å². The molecule has 0 unspecified atom stereocenters. The van der Waals surface area contributed by atoms with Gasteiger partial charge in [0, 0.05) is 12.7 Å². The van der Waals surface area contributed by atoms with Gasteiger partial charge in [0.15, 0.2) is 0 Å². The van der Waals surface area contributed by atoms with Gasteiger partial charge in [-0.25, -0.2) is 23.7 Å². The van der Waals surface area contributed by atoms with E-state index in [-0.39, 0.29) is 17.2 Å². The summed E-state index contributed by atoms with van der Waals surface area (Å²) in [5, 5.41) is 0.422. The molecule has 174 valence electrons. The van der Waals surface area contributed by atoms with Gasteiger partial charge in [0.25, 0.3) is 5.56 Å². The maximum Gasteiger partial charge on any atom is 0.262 e. The van der Waals surface area contributed by atoms with Crippen LogP contribution >= 0.6 is 0 Å². The zero-order valence-electron chi connectivity index (χ0n) is 19.1. The van der Waals surface area contributed by atoms with Gasteiger partial charge < -0.3 is 4.90 Å². The normalized spacial score (nSPS) is 11.2. The van der Waals surface area contributed by atoms with Crippen molar-refractivity contribution >= 4 is 22.3 Å². The zero-order chi connectivity index (χ0) is 24.5. The molecule has 0 aliphatic carbocycles. The van der Waals surface area contributed by atoms with Gasteiger partial charge in [-0.15, -0.1) is 0 Å². The number of fused-ring (bicyclic) bond motifs is 1. The van der Waals surface area contributed by atoms with Crippen molar-refractivity contribution in [3.8, 4) is 0 Å². The molecule has 0 fully saturated rings. The third-order valence-corrected chi connectivity index (χ3v) is 6.01. The van der Waals surface area contributed by atoms with Crippen molar-refractivity contribution in [2.24, 2.45) is 0 Å². The first-order valence-corrected chi connectivity index (χ1v) is 10.9. The van der Waals surface area contributed by atoms with Gasteiger partial charge in [0.2, 0.25) is 0 Å². The number of rotatable bonds is 5. The van der Waals surface area contributed by atoms with Crippen molar-refractivity contribution in [2.45, 2.75) is 13.0 Å². The smallest absolute Gasteiger partial charge is 0.262 e. The molecule has 3 aromatic carbocycles. The third kappa shape index (κ3) is 4.26. The van der Waals surface area contributed by atoms with Gasteiger partial charge in [-0.05, 0) is 60.5 Å². The van der Waals surface area contributed by atoms with E-state index >= 15 is 0 Å². The Morgan fingerprint density at radius 1 is 0.829 bits per heavy atom. The minimum absolute atomic E-state index is 0.259. The topological polar surface area (TPSA) is 63.9 Å². The zero-order valence-corrected chi connectivity index (χ0v) is 19.1. The summed E-state index contributed by atoms with van der Waals surface area (Å²) < 4.78 is 28.9. The molecule has 0 aliphatic rings. The molecule has 0 saturated carbocycles. The number of aromatic nitrogens is 4. The second-order valence-corrected chi connectivity index (χ2v) is 8.20. The van der Waals surface area contributed by atoms with Crippen molar-refractivity contribution in [1.82, 2.24) is 19.5 Å². The summed E-state index contributed by atoms with van der Waals surface area (Å²) in [6, 6.07) is 16.7. The number of aryl methyl sites for hydroxylation is 1. The van der Waals surface area contributed by atoms with E-state index in [4.69, 9.17) is 0 Å². The number of hydrogen-bond donors (Lipinski definition) is 0. The van der Waals surface area contributed by atoms with Crippen molar-refractivity contribution in [3.63, 3.8) is 0 Å². The number of anilines is 2. The Morgan fingerprint density at radius 2 is 1.40 bits per heavy atom. The molecule has 8 heteroatoms. The van der Waals surface area contributed by atoms with E-state index in [9.17, 15) is 13.6 Å². The van der Waals surface area contributed by atoms with Crippen LogP contribution in [-0.4, -0.2) is 26.6 Å². The second kappa shape index (κ2) is 9.06. The Balaban J connectivity index is 1.71. The highest BCUT2D eigenvalue weighted by Crippen LogP contribution is 2.29. The van der Waals surface area contributed by atoms with Gasteiger partial charge in [0.05, 0.1) is 35.0 Å². The molecule has 2 aromatic heterocycles. The van der Waals surface area contributed by atoms with Crippen LogP contribution in [0.5, 0.6) is 0 Å². The summed E-state index contributed by atoms with van der Waals surface area (Å²) in [5.74, 6) is -0.284. The van der Waals surface area contributed by atoms with E-state index < -0.39 is 6.04 Å². The van der Waals surface area contributed by atoms with Crippen LogP contribution < -0.4 is 10.5 Å². The standard InChI is InChI=1S/C27H21F2N5O/c1-17-32-25-12-11-22(33(2)23-14-30-16-31-15-23)13-24(25)27(35)34(17)26(18-3-7-20(28)8-4-18)19-5-9-21(29)10-6-19/h3-16,26H,1-2H3. The van der Waals surface area contributed by atoms with Crippen LogP contribution in [0.25, 0.3) is 10.9 Å². The van der Waals surface area contributed by atoms with Crippen LogP contribution in [0.2, 0.25) is 0 Å². The molecule has 2 heterocycles. The lowest BCUT2D eigenvalue weighted by atomic mass is 9.97. The predicted octanol–water partition coefficient (Wildman–Crippen LogP) is 5.18. The molecule has 35 heavy (non-hydrogen) atoms. The maximum absolute atomic E-state index is 13.9. The van der Waals surface area contributed by atoms with E-state index in [1.807, 2.05) is 18.0 Å². The highest BCUT2D eigenvalue weighted by molar-refractivity contribution is 5.83. The molecular formula is C27H21F2N5O. The SMILES string of the molecule is Cc1nc2ccc(N(C)c3cncnc3)cc2c(=O)n1C(c1ccc(F)cc1)c1ccc(F)cc1. The van der Waals surface area contributed by atoms with E-state index in [1.165, 1.54) is 30.6 Å². The predicted molar refractivity (Wildman–Crippen MR) is 131 cm³/mol. The monoisotopic (exact) mass is 469 g/mol. The van der Waals surface area contributed by atoms with Crippen LogP contribution in [-0.2, 0) is 0 Å². The van der Waals surface area contributed by atoms with Crippen molar-refractivity contribution in [3.05, 3.63) is 124 Å². The van der Waals surface area contributed by atoms with E-state index in [0.29, 0.717) is 27.9 Å². The Kier molecular flexibility index (Phi) is 5.78. The summed E-state index contributed by atoms with van der Waals surface area (Å²) in [4.78, 5) is 28.6. The highest BCUT2D eigenvalue weighted by atomic mass is 19.1. The number of halogens is 2. The number of hydrogen-bond acceptors (Lipinski definition) is 5. The molecular weight excluding hydrogens is 448 g/mol. The molecule has 0 saturated heterocycles. The van der Waals surface area contributed by atoms with Gasteiger partial charge >= 0.3 is 0 Å². The molecule has 0 amide bonds. The maximum atomic E-state index is 13.9. The Morgan fingerprint density at radius 3 is 1.97 bits per heavy atom. The minimum Gasteiger partial charge on any atom is -0.342 e. The van der Waals surface area contributed by atoms with Crippen molar-refractivity contribution < 1.29 is 8.78 Å². The van der Waals surface area contributed by atoms with Crippen molar-refractivity contribution in [1.29, 1.82) is 0 Å². The molecule has 0 spiro atoms. The summed E-state index contributed by atoms with van der Waals surface area (Å²) in [6.07, 6.45) is 4.82. The molecule has 5 rings (SSSR count). The summed E-state index contributed by atoms with van der Waals surface area (Å²) in [7, 11) is 1.86. The number of benzene rings is 3. The molecule has 5 aromatic rings. The lowest BCUT2D eigenvalue weighted by Crippen LogP contribution is -2.29. The van der Waals surface area contributed by atoms with Crippen LogP contribution in [0.15, 0.2) is 90.2 Å². The highest BCUT2D eigenvalue weighted by Gasteiger charge is 2.22. The Labute approximate surface area is 200 Å². The fourth-order valence-corrected chi connectivity index (χ4v) is 4.20. The van der Waals surface area contributed by atoms with Gasteiger partial charge in [-0.3, -0.25) is 9.36 Å². The quantitative estimate of drug-likeness (QED) is 0.355. The fraction of sp³-hybridized carbons (Fsp3) is 0.111. The average molecular weight is 469 g/mol. The Hall–Kier alpha value is -4.46. The first-order chi connectivity index (χ1) is 16.9. The average Bonchev–Trinajstić information content (AvgIpc) is 2.88. The molecule has 0 atom stereocenters. The van der Waals surface area contributed by atoms with Crippen LogP contribution in [0, 0.1) is 18.6 Å². The summed E-state index contributed by atoms with van der Waals surface area (Å²) in [5.41, 5.74) is 3.19. The van der Waals surface area contributed by atoms with Crippen LogP contribution in [0.1, 0.15) is 23.0 Å². The largest absolute Gasteiger partial charge is 0.342 e. The Bertz CT molecular complexity index is 1510. The minimum atomic E-state index is -0.621. The van der Waals surface area contributed by atoms with E-state index in [2.05, 4.69) is 15.0 Å². The molecule has 0 N–H and O–H groups in total. The second-order valence-electron chi connectivity index (χ2n) is 8.20. The molecule has 0 aliphatic heterocycles.